The molecular weight excluding hydrogens is 198 g/mol. The van der Waals surface area contributed by atoms with Crippen LogP contribution in [-0.2, 0) is 4.74 Å². The van der Waals surface area contributed by atoms with E-state index in [4.69, 9.17) is 4.74 Å². The number of nitrogens with one attached hydrogen (secondary N) is 1. The minimum atomic E-state index is -0.00387. The smallest absolute Gasteiger partial charge is 0.0872 e. The summed E-state index contributed by atoms with van der Waals surface area (Å²) in [6.07, 6.45) is 4.87. The van der Waals surface area contributed by atoms with E-state index < -0.39 is 0 Å². The summed E-state index contributed by atoms with van der Waals surface area (Å²) < 4.78 is 5.84. The quantitative estimate of drug-likeness (QED) is 0.840. The molecule has 1 aliphatic rings. The zero-order valence-electron chi connectivity index (χ0n) is 10.2. The van der Waals surface area contributed by atoms with E-state index in [2.05, 4.69) is 35.6 Å². The third-order valence-electron chi connectivity index (χ3n) is 3.80. The van der Waals surface area contributed by atoms with Crippen LogP contribution in [0.15, 0.2) is 30.3 Å². The van der Waals surface area contributed by atoms with E-state index in [1.54, 1.807) is 0 Å². The highest BCUT2D eigenvalue weighted by molar-refractivity contribution is 5.23. The molecule has 88 valence electrons. The number of methoxy groups -OCH3 is 1. The van der Waals surface area contributed by atoms with Gasteiger partial charge in [0.25, 0.3) is 0 Å². The van der Waals surface area contributed by atoms with Gasteiger partial charge in [-0.25, -0.2) is 0 Å². The van der Waals surface area contributed by atoms with Gasteiger partial charge >= 0.3 is 0 Å². The van der Waals surface area contributed by atoms with E-state index in [1.165, 1.54) is 18.4 Å². The normalized spacial score (nSPS) is 20.9. The van der Waals surface area contributed by atoms with Crippen molar-refractivity contribution < 1.29 is 4.74 Å². The molecule has 2 nitrogen and oxygen atoms in total. The molecular formula is C14H21NO. The molecule has 1 N–H and O–H groups in total. The SMILES string of the molecule is CNC(c1ccccc1)C1(OC)CCCC1. The van der Waals surface area contributed by atoms with E-state index >= 15 is 0 Å². The summed E-state index contributed by atoms with van der Waals surface area (Å²) in [6, 6.07) is 10.9. The molecule has 2 rings (SSSR count). The number of hydrogen-bond acceptors (Lipinski definition) is 2. The molecule has 0 amide bonds. The van der Waals surface area contributed by atoms with Gasteiger partial charge in [0.15, 0.2) is 0 Å². The van der Waals surface area contributed by atoms with Gasteiger partial charge < -0.3 is 10.1 Å². The zero-order chi connectivity index (χ0) is 11.4. The lowest BCUT2D eigenvalue weighted by Crippen LogP contribution is -2.42. The van der Waals surface area contributed by atoms with Crippen molar-refractivity contribution in [2.75, 3.05) is 14.2 Å². The summed E-state index contributed by atoms with van der Waals surface area (Å²) in [5.74, 6) is 0. The van der Waals surface area contributed by atoms with Crippen molar-refractivity contribution in [1.29, 1.82) is 0 Å². The lowest BCUT2D eigenvalue weighted by atomic mass is 9.87. The first-order valence-electron chi connectivity index (χ1n) is 6.10. The molecule has 0 aliphatic heterocycles. The zero-order valence-corrected chi connectivity index (χ0v) is 10.2. The minimum absolute atomic E-state index is 0.00387. The summed E-state index contributed by atoms with van der Waals surface area (Å²) in [4.78, 5) is 0. The third kappa shape index (κ3) is 2.00. The second-order valence-electron chi connectivity index (χ2n) is 4.61. The van der Waals surface area contributed by atoms with Gasteiger partial charge in [-0.15, -0.1) is 0 Å². The first-order chi connectivity index (χ1) is 7.82. The lowest BCUT2D eigenvalue weighted by molar-refractivity contribution is -0.0349. The Kier molecular flexibility index (Phi) is 3.62. The average molecular weight is 219 g/mol. The molecule has 2 heteroatoms. The van der Waals surface area contributed by atoms with Crippen LogP contribution in [0.5, 0.6) is 0 Å². The maximum Gasteiger partial charge on any atom is 0.0872 e. The summed E-state index contributed by atoms with van der Waals surface area (Å²) in [5, 5.41) is 3.43. The van der Waals surface area contributed by atoms with Crippen molar-refractivity contribution in [2.24, 2.45) is 0 Å². The molecule has 1 aromatic carbocycles. The predicted molar refractivity (Wildman–Crippen MR) is 66.5 cm³/mol. The maximum absolute atomic E-state index is 5.84. The van der Waals surface area contributed by atoms with Crippen molar-refractivity contribution >= 4 is 0 Å². The maximum atomic E-state index is 5.84. The van der Waals surface area contributed by atoms with E-state index in [1.807, 2.05) is 14.2 Å². The number of rotatable bonds is 4. The Balaban J connectivity index is 2.28. The van der Waals surface area contributed by atoms with Gasteiger partial charge in [0, 0.05) is 7.11 Å². The predicted octanol–water partition coefficient (Wildman–Crippen LogP) is 2.91. The summed E-state index contributed by atoms with van der Waals surface area (Å²) >= 11 is 0. The molecule has 0 spiro atoms. The molecule has 1 aromatic rings. The monoisotopic (exact) mass is 219 g/mol. The Bertz CT molecular complexity index is 317. The van der Waals surface area contributed by atoms with Gasteiger partial charge in [0.05, 0.1) is 11.6 Å². The van der Waals surface area contributed by atoms with Gasteiger partial charge in [0.2, 0.25) is 0 Å². The third-order valence-corrected chi connectivity index (χ3v) is 3.80. The van der Waals surface area contributed by atoms with Crippen molar-refractivity contribution in [2.45, 2.75) is 37.3 Å². The molecule has 16 heavy (non-hydrogen) atoms. The van der Waals surface area contributed by atoms with Crippen LogP contribution in [0.4, 0.5) is 0 Å². The molecule has 1 atom stereocenters. The largest absolute Gasteiger partial charge is 0.376 e. The first-order valence-corrected chi connectivity index (χ1v) is 6.10. The second kappa shape index (κ2) is 4.98. The summed E-state index contributed by atoms with van der Waals surface area (Å²) in [7, 11) is 3.87. The van der Waals surface area contributed by atoms with Crippen molar-refractivity contribution in [1.82, 2.24) is 5.32 Å². The van der Waals surface area contributed by atoms with Crippen LogP contribution in [0.3, 0.4) is 0 Å². The van der Waals surface area contributed by atoms with Crippen LogP contribution in [0, 0.1) is 0 Å². The van der Waals surface area contributed by atoms with E-state index in [0.29, 0.717) is 6.04 Å². The van der Waals surface area contributed by atoms with Crippen molar-refractivity contribution in [3.8, 4) is 0 Å². The molecule has 0 heterocycles. The summed E-state index contributed by atoms with van der Waals surface area (Å²) in [6.45, 7) is 0. The van der Waals surface area contributed by atoms with Crippen LogP contribution in [0.25, 0.3) is 0 Å². The highest BCUT2D eigenvalue weighted by Crippen LogP contribution is 2.42. The van der Waals surface area contributed by atoms with Crippen LogP contribution >= 0.6 is 0 Å². The van der Waals surface area contributed by atoms with Gasteiger partial charge in [-0.3, -0.25) is 0 Å². The van der Waals surface area contributed by atoms with Crippen molar-refractivity contribution in [3.05, 3.63) is 35.9 Å². The minimum Gasteiger partial charge on any atom is -0.376 e. The molecule has 1 unspecified atom stereocenters. The highest BCUT2D eigenvalue weighted by atomic mass is 16.5. The molecule has 0 bridgehead atoms. The van der Waals surface area contributed by atoms with Crippen LogP contribution in [0.2, 0.25) is 0 Å². The highest BCUT2D eigenvalue weighted by Gasteiger charge is 2.41. The first kappa shape index (κ1) is 11.6. The molecule has 0 saturated heterocycles. The second-order valence-corrected chi connectivity index (χ2v) is 4.61. The fourth-order valence-corrected chi connectivity index (χ4v) is 2.96. The molecule has 1 aliphatic carbocycles. The van der Waals surface area contributed by atoms with Crippen LogP contribution in [0.1, 0.15) is 37.3 Å². The molecule has 1 saturated carbocycles. The van der Waals surface area contributed by atoms with Gasteiger partial charge in [-0.05, 0) is 25.5 Å². The number of hydrogen-bond donors (Lipinski definition) is 1. The fourth-order valence-electron chi connectivity index (χ4n) is 2.96. The Morgan fingerprint density at radius 2 is 1.81 bits per heavy atom. The van der Waals surface area contributed by atoms with E-state index in [0.717, 1.165) is 12.8 Å². The lowest BCUT2D eigenvalue weighted by Gasteiger charge is -2.36. The Labute approximate surface area is 98.0 Å². The molecule has 0 aromatic heterocycles. The fraction of sp³-hybridized carbons (Fsp3) is 0.571. The number of ether oxygens (including phenoxy) is 1. The number of likely N-dealkylation sites (N-methyl/N-ethyl adjacent to an activating group) is 1. The number of benzene rings is 1. The molecule has 1 fully saturated rings. The van der Waals surface area contributed by atoms with Crippen molar-refractivity contribution in [3.63, 3.8) is 0 Å². The molecule has 0 radical (unpaired) electrons. The Morgan fingerprint density at radius 1 is 1.19 bits per heavy atom. The van der Waals surface area contributed by atoms with Crippen LogP contribution in [-0.4, -0.2) is 19.8 Å². The van der Waals surface area contributed by atoms with E-state index in [9.17, 15) is 0 Å². The van der Waals surface area contributed by atoms with Gasteiger partial charge in [-0.1, -0.05) is 43.2 Å². The Morgan fingerprint density at radius 3 is 2.31 bits per heavy atom. The van der Waals surface area contributed by atoms with Gasteiger partial charge in [0.1, 0.15) is 0 Å². The van der Waals surface area contributed by atoms with E-state index in [-0.39, 0.29) is 5.60 Å². The summed E-state index contributed by atoms with van der Waals surface area (Å²) in [5.41, 5.74) is 1.32. The standard InChI is InChI=1S/C14H21NO/c1-15-13(12-8-4-3-5-9-12)14(16-2)10-6-7-11-14/h3-5,8-9,13,15H,6-7,10-11H2,1-2H3. The average Bonchev–Trinajstić information content (AvgIpc) is 2.81. The Hall–Kier alpha value is -0.860. The topological polar surface area (TPSA) is 21.3 Å². The van der Waals surface area contributed by atoms with Crippen LogP contribution < -0.4 is 5.32 Å². The van der Waals surface area contributed by atoms with Gasteiger partial charge in [-0.2, -0.15) is 0 Å².